The van der Waals surface area contributed by atoms with E-state index >= 15 is 0 Å². The summed E-state index contributed by atoms with van der Waals surface area (Å²) >= 11 is 0. The number of carboxylic acid groups (broad SMARTS) is 1. The molecule has 2 aliphatic rings. The minimum Gasteiger partial charge on any atom is -0.475 e. The van der Waals surface area contributed by atoms with Crippen molar-refractivity contribution in [2.24, 2.45) is 5.92 Å². The Morgan fingerprint density at radius 1 is 1.28 bits per heavy atom. The predicted octanol–water partition coefficient (Wildman–Crippen LogP) is 2.06. The van der Waals surface area contributed by atoms with Crippen molar-refractivity contribution < 1.29 is 32.7 Å². The average Bonchev–Trinajstić information content (AvgIpc) is 3.12. The van der Waals surface area contributed by atoms with Gasteiger partial charge in [-0.05, 0) is 50.0 Å². The number of carbonyl (C=O) groups excluding carboxylic acids is 2. The average molecular weight is 455 g/mol. The molecule has 0 radical (unpaired) electrons. The summed E-state index contributed by atoms with van der Waals surface area (Å²) < 4.78 is 33.5. The number of piperidine rings is 2. The molecule has 0 saturated carbocycles. The van der Waals surface area contributed by atoms with E-state index in [9.17, 15) is 22.8 Å². The van der Waals surface area contributed by atoms with E-state index in [0.717, 1.165) is 36.1 Å². The van der Waals surface area contributed by atoms with Gasteiger partial charge < -0.3 is 15.7 Å². The number of hydrogen-bond donors (Lipinski definition) is 4. The Balaban J connectivity index is 0.000000360. The summed E-state index contributed by atoms with van der Waals surface area (Å²) in [5.74, 6) is -2.66. The van der Waals surface area contributed by atoms with Gasteiger partial charge in [-0.1, -0.05) is 6.92 Å². The van der Waals surface area contributed by atoms with Gasteiger partial charge in [0.15, 0.2) is 0 Å². The van der Waals surface area contributed by atoms with Crippen LogP contribution in [0.15, 0.2) is 24.4 Å². The minimum atomic E-state index is -5.08. The third kappa shape index (κ3) is 5.55. The SMILES string of the molecule is C[C@@H]1CNCC[C@H]1Nc1ccc2c(cnn2C2CCC(=O)NC2=O)c1.O=C(O)C(F)(F)F. The summed E-state index contributed by atoms with van der Waals surface area (Å²) in [6.45, 7) is 4.33. The summed E-state index contributed by atoms with van der Waals surface area (Å²) in [5, 5.41) is 22.0. The van der Waals surface area contributed by atoms with Gasteiger partial charge in [0.25, 0.3) is 5.91 Å². The molecule has 1 aromatic carbocycles. The zero-order valence-electron chi connectivity index (χ0n) is 17.3. The van der Waals surface area contributed by atoms with Crippen LogP contribution in [0.5, 0.6) is 0 Å². The van der Waals surface area contributed by atoms with E-state index < -0.39 is 18.2 Å². The highest BCUT2D eigenvalue weighted by atomic mass is 19.4. The summed E-state index contributed by atoms with van der Waals surface area (Å²) in [7, 11) is 0. The van der Waals surface area contributed by atoms with Crippen molar-refractivity contribution in [2.75, 3.05) is 18.4 Å². The molecule has 32 heavy (non-hydrogen) atoms. The number of carboxylic acids is 1. The maximum Gasteiger partial charge on any atom is 0.490 e. The zero-order chi connectivity index (χ0) is 23.5. The summed E-state index contributed by atoms with van der Waals surface area (Å²) in [4.78, 5) is 32.3. The van der Waals surface area contributed by atoms with E-state index in [0.29, 0.717) is 24.8 Å². The standard InChI is InChI=1S/C18H23N5O2.C2HF3O2/c1-11-9-19-7-6-14(11)21-13-2-3-15-12(8-13)10-20-23(15)16-4-5-17(24)22-18(16)25;3-2(4,5)1(6)7/h2-3,8,10-11,14,16,19,21H,4-7,9H2,1H3,(H,22,24,25);(H,6,7)/t11-,14-,16?;/m1./s1. The van der Waals surface area contributed by atoms with Crippen molar-refractivity contribution in [1.29, 1.82) is 0 Å². The first-order valence-electron chi connectivity index (χ1n) is 10.1. The van der Waals surface area contributed by atoms with Crippen LogP contribution >= 0.6 is 0 Å². The van der Waals surface area contributed by atoms with Crippen molar-refractivity contribution >= 4 is 34.4 Å². The molecule has 0 aliphatic carbocycles. The Hall–Kier alpha value is -3.15. The van der Waals surface area contributed by atoms with Gasteiger partial charge in [0.2, 0.25) is 5.91 Å². The van der Waals surface area contributed by atoms with E-state index in [2.05, 4.69) is 34.0 Å². The molecule has 12 heteroatoms. The summed E-state index contributed by atoms with van der Waals surface area (Å²) in [6.07, 6.45) is -1.34. The fourth-order valence-electron chi connectivity index (χ4n) is 3.75. The van der Waals surface area contributed by atoms with Gasteiger partial charge >= 0.3 is 12.1 Å². The van der Waals surface area contributed by atoms with Gasteiger partial charge in [0, 0.05) is 23.5 Å². The molecule has 1 unspecified atom stereocenters. The molecule has 3 atom stereocenters. The van der Waals surface area contributed by atoms with E-state index in [1.807, 2.05) is 12.1 Å². The Kier molecular flexibility index (Phi) is 7.02. The molecule has 174 valence electrons. The van der Waals surface area contributed by atoms with E-state index in [1.54, 1.807) is 10.9 Å². The first-order valence-corrected chi connectivity index (χ1v) is 10.1. The van der Waals surface area contributed by atoms with Gasteiger partial charge in [-0.3, -0.25) is 19.6 Å². The van der Waals surface area contributed by atoms with Gasteiger partial charge in [0.1, 0.15) is 6.04 Å². The van der Waals surface area contributed by atoms with Gasteiger partial charge in [-0.2, -0.15) is 18.3 Å². The highest BCUT2D eigenvalue weighted by Gasteiger charge is 2.38. The molecule has 1 aromatic heterocycles. The number of anilines is 1. The quantitative estimate of drug-likeness (QED) is 0.522. The molecular weight excluding hydrogens is 431 g/mol. The second-order valence-electron chi connectivity index (χ2n) is 7.85. The van der Waals surface area contributed by atoms with Crippen LogP contribution < -0.4 is 16.0 Å². The number of aliphatic carboxylic acids is 1. The monoisotopic (exact) mass is 455 g/mol. The second kappa shape index (κ2) is 9.55. The number of amides is 2. The van der Waals surface area contributed by atoms with Crippen molar-refractivity contribution in [3.05, 3.63) is 24.4 Å². The van der Waals surface area contributed by atoms with E-state index in [-0.39, 0.29) is 11.8 Å². The molecule has 2 amide bonds. The summed E-state index contributed by atoms with van der Waals surface area (Å²) in [5.41, 5.74) is 1.99. The minimum absolute atomic E-state index is 0.208. The molecule has 4 N–H and O–H groups in total. The van der Waals surface area contributed by atoms with Crippen LogP contribution in [0.4, 0.5) is 18.9 Å². The van der Waals surface area contributed by atoms with Crippen molar-refractivity contribution in [3.8, 4) is 0 Å². The number of nitrogens with one attached hydrogen (secondary N) is 3. The van der Waals surface area contributed by atoms with Crippen LogP contribution in [0.2, 0.25) is 0 Å². The fraction of sp³-hybridized carbons (Fsp3) is 0.500. The lowest BCUT2D eigenvalue weighted by Gasteiger charge is -2.31. The Labute approximate surface area is 181 Å². The maximum absolute atomic E-state index is 12.1. The van der Waals surface area contributed by atoms with Crippen LogP contribution in [0.25, 0.3) is 10.9 Å². The molecule has 2 saturated heterocycles. The molecule has 0 spiro atoms. The van der Waals surface area contributed by atoms with Gasteiger partial charge in [0.05, 0.1) is 11.7 Å². The highest BCUT2D eigenvalue weighted by Crippen LogP contribution is 2.27. The summed E-state index contributed by atoms with van der Waals surface area (Å²) in [6, 6.07) is 6.17. The number of alkyl halides is 3. The first-order chi connectivity index (χ1) is 15.1. The molecule has 9 nitrogen and oxygen atoms in total. The molecule has 2 aromatic rings. The Morgan fingerprint density at radius 2 is 2.00 bits per heavy atom. The number of fused-ring (bicyclic) bond motifs is 1. The first kappa shape index (κ1) is 23.5. The zero-order valence-corrected chi connectivity index (χ0v) is 17.3. The lowest BCUT2D eigenvalue weighted by Crippen LogP contribution is -2.42. The number of hydrogen-bond acceptors (Lipinski definition) is 6. The molecule has 0 bridgehead atoms. The second-order valence-corrected chi connectivity index (χ2v) is 7.85. The Morgan fingerprint density at radius 3 is 2.62 bits per heavy atom. The van der Waals surface area contributed by atoms with E-state index in [4.69, 9.17) is 9.90 Å². The lowest BCUT2D eigenvalue weighted by molar-refractivity contribution is -0.192. The predicted molar refractivity (Wildman–Crippen MR) is 109 cm³/mol. The van der Waals surface area contributed by atoms with Crippen molar-refractivity contribution in [1.82, 2.24) is 20.4 Å². The van der Waals surface area contributed by atoms with Crippen molar-refractivity contribution in [3.63, 3.8) is 0 Å². The van der Waals surface area contributed by atoms with Crippen LogP contribution in [-0.4, -0.2) is 58.0 Å². The number of rotatable bonds is 3. The maximum atomic E-state index is 12.1. The number of nitrogens with zero attached hydrogens (tertiary/aromatic N) is 2. The fourth-order valence-corrected chi connectivity index (χ4v) is 3.75. The number of imide groups is 1. The van der Waals surface area contributed by atoms with Crippen molar-refractivity contribution in [2.45, 2.75) is 44.4 Å². The third-order valence-electron chi connectivity index (χ3n) is 5.48. The van der Waals surface area contributed by atoms with Crippen LogP contribution in [0.3, 0.4) is 0 Å². The highest BCUT2D eigenvalue weighted by molar-refractivity contribution is 6.00. The number of carbonyl (C=O) groups is 3. The molecule has 4 rings (SSSR count). The third-order valence-corrected chi connectivity index (χ3v) is 5.48. The molecular formula is C20H24F3N5O4. The largest absolute Gasteiger partial charge is 0.490 e. The molecule has 2 fully saturated rings. The molecule has 2 aliphatic heterocycles. The number of benzene rings is 1. The topological polar surface area (TPSA) is 125 Å². The van der Waals surface area contributed by atoms with Gasteiger partial charge in [-0.15, -0.1) is 0 Å². The van der Waals surface area contributed by atoms with Crippen LogP contribution in [0.1, 0.15) is 32.2 Å². The Bertz CT molecular complexity index is 1010. The van der Waals surface area contributed by atoms with Gasteiger partial charge in [-0.25, -0.2) is 4.79 Å². The smallest absolute Gasteiger partial charge is 0.475 e. The number of halogens is 3. The molecule has 3 heterocycles. The van der Waals surface area contributed by atoms with E-state index in [1.165, 1.54) is 0 Å². The van der Waals surface area contributed by atoms with Crippen LogP contribution in [0, 0.1) is 5.92 Å². The normalized spacial score (nSPS) is 23.8. The van der Waals surface area contributed by atoms with Crippen LogP contribution in [-0.2, 0) is 14.4 Å². The number of aromatic nitrogens is 2. The lowest BCUT2D eigenvalue weighted by atomic mass is 9.95.